The summed E-state index contributed by atoms with van der Waals surface area (Å²) in [6, 6.07) is 22.4. The molecule has 0 saturated carbocycles. The summed E-state index contributed by atoms with van der Waals surface area (Å²) in [7, 11) is 1.68. The Morgan fingerprint density at radius 2 is 1.67 bits per heavy atom. The maximum atomic E-state index is 5.87. The monoisotopic (exact) mass is 342 g/mol. The summed E-state index contributed by atoms with van der Waals surface area (Å²) >= 11 is 0. The van der Waals surface area contributed by atoms with Crippen LogP contribution in [0.4, 0.5) is 0 Å². The molecule has 3 nitrogen and oxygen atoms in total. The highest BCUT2D eigenvalue weighted by Gasteiger charge is 2.04. The first-order chi connectivity index (χ1) is 11.3. The molecule has 0 aliphatic carbocycles. The van der Waals surface area contributed by atoms with Crippen LogP contribution in [0.5, 0.6) is 5.75 Å². The van der Waals surface area contributed by atoms with E-state index in [1.807, 2.05) is 42.5 Å². The Labute approximate surface area is 149 Å². The lowest BCUT2D eigenvalue weighted by Crippen LogP contribution is -3.00. The van der Waals surface area contributed by atoms with Gasteiger partial charge >= 0.3 is 0 Å². The maximum absolute atomic E-state index is 5.87. The smallest absolute Gasteiger partial charge is 0.134 e. The Hall–Kier alpha value is -2.23. The van der Waals surface area contributed by atoms with E-state index in [1.165, 1.54) is 5.56 Å². The van der Waals surface area contributed by atoms with Crippen LogP contribution in [0.3, 0.4) is 0 Å². The van der Waals surface area contributed by atoms with Crippen molar-refractivity contribution in [3.05, 3.63) is 78.1 Å². The van der Waals surface area contributed by atoms with E-state index in [0.29, 0.717) is 0 Å². The zero-order valence-corrected chi connectivity index (χ0v) is 14.4. The van der Waals surface area contributed by atoms with Gasteiger partial charge in [0.2, 0.25) is 0 Å². The summed E-state index contributed by atoms with van der Waals surface area (Å²) in [6.45, 7) is 1.65. The molecule has 1 N–H and O–H groups in total. The Kier molecular flexibility index (Phi) is 6.91. The molecule has 4 heteroatoms. The quantitative estimate of drug-likeness (QED) is 0.657. The highest BCUT2D eigenvalue weighted by atomic mass is 35.5. The fourth-order valence-electron chi connectivity index (χ4n) is 2.47. The Morgan fingerprint density at radius 3 is 2.38 bits per heavy atom. The van der Waals surface area contributed by atoms with Crippen LogP contribution in [0.15, 0.2) is 71.1 Å². The van der Waals surface area contributed by atoms with Crippen molar-refractivity contribution < 1.29 is 21.6 Å². The molecule has 0 saturated heterocycles. The average Bonchev–Trinajstić information content (AvgIpc) is 3.09. The van der Waals surface area contributed by atoms with Gasteiger partial charge in [-0.3, -0.25) is 0 Å². The largest absolute Gasteiger partial charge is 1.00 e. The van der Waals surface area contributed by atoms with E-state index in [0.717, 1.165) is 42.3 Å². The van der Waals surface area contributed by atoms with Crippen LogP contribution >= 0.6 is 0 Å². The molecule has 0 amide bonds. The van der Waals surface area contributed by atoms with Crippen LogP contribution in [0.2, 0.25) is 0 Å². The Morgan fingerprint density at radius 1 is 0.917 bits per heavy atom. The van der Waals surface area contributed by atoms with E-state index in [4.69, 9.17) is 9.15 Å². The maximum Gasteiger partial charge on any atom is 0.134 e. The summed E-state index contributed by atoms with van der Waals surface area (Å²) in [5.41, 5.74) is 2.40. The van der Waals surface area contributed by atoms with Crippen LogP contribution in [0.1, 0.15) is 11.3 Å². The zero-order valence-electron chi connectivity index (χ0n) is 13.7. The molecule has 0 fully saturated rings. The normalized spacial score (nSPS) is 10.2. The topological polar surface area (TPSA) is 34.4 Å². The van der Waals surface area contributed by atoms with Crippen LogP contribution in [-0.2, 0) is 13.0 Å². The third-order valence-electron chi connectivity index (χ3n) is 3.77. The van der Waals surface area contributed by atoms with E-state index in [9.17, 15) is 0 Å². The molecule has 0 radical (unpaired) electrons. The van der Waals surface area contributed by atoms with Crippen LogP contribution in [0, 0.1) is 0 Å². The molecule has 0 unspecified atom stereocenters. The highest BCUT2D eigenvalue weighted by Crippen LogP contribution is 2.21. The molecular weight excluding hydrogens is 322 g/mol. The highest BCUT2D eigenvalue weighted by molar-refractivity contribution is 5.57. The van der Waals surface area contributed by atoms with E-state index in [2.05, 4.69) is 29.6 Å². The number of ether oxygens (including phenoxy) is 1. The summed E-state index contributed by atoms with van der Waals surface area (Å²) < 4.78 is 11.0. The second kappa shape index (κ2) is 9.16. The van der Waals surface area contributed by atoms with Gasteiger partial charge in [0.15, 0.2) is 0 Å². The number of hydrogen-bond donors (Lipinski definition) is 1. The molecule has 0 atom stereocenters. The number of nitrogens with one attached hydrogen (secondary N) is 1. The zero-order chi connectivity index (χ0) is 15.9. The molecule has 1 aromatic heterocycles. The van der Waals surface area contributed by atoms with Crippen molar-refractivity contribution in [3.8, 4) is 17.1 Å². The number of methoxy groups -OCH3 is 1. The number of benzene rings is 2. The molecule has 3 aromatic rings. The predicted octanol–water partition coefficient (Wildman–Crippen LogP) is 1.29. The molecule has 0 aliphatic rings. The molecule has 0 aliphatic heterocycles. The van der Waals surface area contributed by atoms with E-state index >= 15 is 0 Å². The van der Waals surface area contributed by atoms with Crippen molar-refractivity contribution in [2.45, 2.75) is 13.0 Å². The first-order valence-corrected chi connectivity index (χ1v) is 7.83. The molecule has 2 aromatic carbocycles. The van der Waals surface area contributed by atoms with Gasteiger partial charge in [-0.15, -0.1) is 0 Å². The van der Waals surface area contributed by atoms with Gasteiger partial charge in [-0.2, -0.15) is 0 Å². The van der Waals surface area contributed by atoms with Crippen molar-refractivity contribution in [1.82, 2.24) is 5.32 Å². The van der Waals surface area contributed by atoms with Gasteiger partial charge in [-0.25, -0.2) is 0 Å². The Bertz CT molecular complexity index is 723. The minimum atomic E-state index is 0. The number of halogens is 1. The minimum Gasteiger partial charge on any atom is -1.00 e. The Balaban J connectivity index is 0.00000208. The fraction of sp³-hybridized carbons (Fsp3) is 0.200. The van der Waals surface area contributed by atoms with Gasteiger partial charge in [0.25, 0.3) is 0 Å². The molecule has 0 bridgehead atoms. The van der Waals surface area contributed by atoms with Gasteiger partial charge in [0, 0.05) is 5.56 Å². The molecule has 126 valence electrons. The van der Waals surface area contributed by atoms with Gasteiger partial charge in [-0.05, 0) is 42.8 Å². The number of rotatable bonds is 7. The summed E-state index contributed by atoms with van der Waals surface area (Å²) in [5, 5.41) is 3.42. The van der Waals surface area contributed by atoms with Gasteiger partial charge in [0.05, 0.1) is 13.7 Å². The third-order valence-corrected chi connectivity index (χ3v) is 3.77. The average molecular weight is 343 g/mol. The summed E-state index contributed by atoms with van der Waals surface area (Å²) in [5.74, 6) is 2.77. The van der Waals surface area contributed by atoms with Gasteiger partial charge in [0.1, 0.15) is 17.3 Å². The lowest BCUT2D eigenvalue weighted by atomic mass is 10.1. The minimum absolute atomic E-state index is 0. The first-order valence-electron chi connectivity index (χ1n) is 7.83. The van der Waals surface area contributed by atoms with Crippen molar-refractivity contribution in [2.24, 2.45) is 0 Å². The SMILES string of the molecule is COc1ccc(CCNCc2ccc(-c3ccccc3)o2)cc1.[Cl-]. The van der Waals surface area contributed by atoms with Gasteiger partial charge < -0.3 is 26.9 Å². The van der Waals surface area contributed by atoms with Crippen LogP contribution in [0.25, 0.3) is 11.3 Å². The van der Waals surface area contributed by atoms with Crippen LogP contribution < -0.4 is 22.5 Å². The molecule has 1 heterocycles. The molecular formula is C20H21ClNO2-. The summed E-state index contributed by atoms with van der Waals surface area (Å²) in [6.07, 6.45) is 0.982. The standard InChI is InChI=1S/C20H21NO2.ClH/c1-22-18-9-7-16(8-10-18)13-14-21-15-19-11-12-20(23-19)17-5-3-2-4-6-17;/h2-12,21H,13-15H2,1H3;1H/p-1. The van der Waals surface area contributed by atoms with Crippen molar-refractivity contribution in [3.63, 3.8) is 0 Å². The van der Waals surface area contributed by atoms with Crippen molar-refractivity contribution in [1.29, 1.82) is 0 Å². The molecule has 24 heavy (non-hydrogen) atoms. The molecule has 0 spiro atoms. The third kappa shape index (κ3) is 4.88. The van der Waals surface area contributed by atoms with Gasteiger partial charge in [-0.1, -0.05) is 42.5 Å². The molecule has 3 rings (SSSR count). The van der Waals surface area contributed by atoms with E-state index in [-0.39, 0.29) is 12.4 Å². The summed E-state index contributed by atoms with van der Waals surface area (Å²) in [4.78, 5) is 0. The van der Waals surface area contributed by atoms with E-state index < -0.39 is 0 Å². The van der Waals surface area contributed by atoms with E-state index in [1.54, 1.807) is 7.11 Å². The van der Waals surface area contributed by atoms with Crippen LogP contribution in [-0.4, -0.2) is 13.7 Å². The lowest BCUT2D eigenvalue weighted by molar-refractivity contribution is -0.00000551. The predicted molar refractivity (Wildman–Crippen MR) is 92.5 cm³/mol. The fourth-order valence-corrected chi connectivity index (χ4v) is 2.47. The van der Waals surface area contributed by atoms with Crippen molar-refractivity contribution >= 4 is 0 Å². The van der Waals surface area contributed by atoms with Crippen molar-refractivity contribution in [2.75, 3.05) is 13.7 Å². The second-order valence-corrected chi connectivity index (χ2v) is 5.41. The number of furan rings is 1. The first kappa shape index (κ1) is 18.1. The lowest BCUT2D eigenvalue weighted by Gasteiger charge is -2.05. The second-order valence-electron chi connectivity index (χ2n) is 5.41. The number of hydrogen-bond acceptors (Lipinski definition) is 3.